The Bertz CT molecular complexity index is 6310. The molecule has 6 aliphatic heterocycles. The fraction of sp³-hybridized carbons (Fsp3) is 0.330. The van der Waals surface area contributed by atoms with Gasteiger partial charge in [0.1, 0.15) is 88.0 Å². The van der Waals surface area contributed by atoms with Crippen LogP contribution in [-0.4, -0.2) is 167 Å². The lowest BCUT2D eigenvalue weighted by Crippen LogP contribution is -2.50. The first kappa shape index (κ1) is 95.9. The molecule has 15 aromatic rings. The fourth-order valence-corrected chi connectivity index (χ4v) is 21.9. The lowest BCUT2D eigenvalue weighted by atomic mass is 9.77. The molecule has 21 rings (SSSR count). The molecule has 141 heavy (non-hydrogen) atoms. The van der Waals surface area contributed by atoms with E-state index in [2.05, 4.69) is 155 Å². The van der Waals surface area contributed by atoms with Crippen molar-refractivity contribution in [2.75, 3.05) is 49.8 Å². The van der Waals surface area contributed by atoms with Crippen molar-refractivity contribution in [2.24, 2.45) is 0 Å². The summed E-state index contributed by atoms with van der Waals surface area (Å²) in [5.41, 5.74) is 3.01. The minimum absolute atomic E-state index is 0.167. The van der Waals surface area contributed by atoms with Gasteiger partial charge in [0, 0.05) is 0 Å². The number of terminal acetylenes is 3. The van der Waals surface area contributed by atoms with Crippen LogP contribution in [0.15, 0.2) is 293 Å². The molecule has 4 N–H and O–H groups in total. The van der Waals surface area contributed by atoms with Crippen molar-refractivity contribution < 1.29 is 61.9 Å². The summed E-state index contributed by atoms with van der Waals surface area (Å²) in [5.74, 6) is 9.85. The monoisotopic (exact) mass is 1910 g/mol. The Balaban J connectivity index is 0.000000134. The van der Waals surface area contributed by atoms with E-state index in [4.69, 9.17) is 123 Å². The highest BCUT2D eigenvalue weighted by Crippen LogP contribution is 2.61. The van der Waals surface area contributed by atoms with Crippen molar-refractivity contribution in [3.8, 4) is 54.3 Å². The number of halogens is 1. The van der Waals surface area contributed by atoms with Gasteiger partial charge in [0.2, 0.25) is 16.8 Å². The van der Waals surface area contributed by atoms with Crippen LogP contribution < -0.4 is 30.2 Å². The van der Waals surface area contributed by atoms with Crippen molar-refractivity contribution in [3.05, 3.63) is 343 Å². The molecule has 12 heterocycles. The second kappa shape index (κ2) is 37.5. The Labute approximate surface area is 824 Å². The molecule has 6 aromatic heterocycles. The predicted molar refractivity (Wildman–Crippen MR) is 536 cm³/mol. The quantitative estimate of drug-likeness (QED) is 0.0211. The van der Waals surface area contributed by atoms with Crippen LogP contribution in [0.5, 0.6) is 17.2 Å². The third-order valence-electron chi connectivity index (χ3n) is 28.3. The number of anilines is 3. The molecule has 0 bridgehead atoms. The van der Waals surface area contributed by atoms with E-state index in [0.29, 0.717) is 76.6 Å². The van der Waals surface area contributed by atoms with Crippen LogP contribution in [0, 0.1) is 37.0 Å². The molecule has 28 nitrogen and oxygen atoms in total. The van der Waals surface area contributed by atoms with Crippen molar-refractivity contribution in [1.29, 1.82) is 0 Å². The molecule has 29 heteroatoms. The second-order valence-electron chi connectivity index (χ2n) is 37.3. The summed E-state index contributed by atoms with van der Waals surface area (Å²) in [6.07, 6.45) is 26.5. The molecular formula is C112H112ClN15O13. The van der Waals surface area contributed by atoms with Crippen LogP contribution in [0.25, 0.3) is 33.5 Å². The number of aliphatic hydroxyl groups excluding tert-OH is 1. The number of aromatic nitrogens is 12. The predicted octanol–water partition coefficient (Wildman–Crippen LogP) is 19.0. The first-order valence-electron chi connectivity index (χ1n) is 47.2. The Kier molecular flexibility index (Phi) is 25.5. The van der Waals surface area contributed by atoms with Crippen LogP contribution in [0.4, 0.5) is 17.5 Å². The maximum absolute atomic E-state index is 10.6. The van der Waals surface area contributed by atoms with Crippen molar-refractivity contribution in [1.82, 2.24) is 58.6 Å². The standard InChI is InChI=1S/C38H39N5O4.C37H36ClN5O4.C37H37N5O5/c1-7-36(8-2)33-37(9-3,47-35(4,5)45-33)34(46-36)43-25-41-30-31(39-24-40-32(30)43)42-38(26-16-12-10-13-17-26,27-18-14-11-15-19-27)28-20-22-29(44-6)23-21-28;1-6-35(22-38)32-36(7-2,47-34(3,4)45-32)33(46-35)43-24-41-29-30(39-23-40-31(29)43)42-37(25-14-10-8-11-15-25,26-16-12-9-13-17-26)27-18-20-28(44-5)21-19-27;1-6-35(22-43)32-36(7-2,47-34(3,4)45-32)33(46-35)42-24-40-29-30(38-23-39-31(29)42)41-37(25-14-10-8-11-15-25,26-16-12-9-13-17-26)27-18-20-28(44-5)21-19-27/h3,10-25,33-34H,7-8H2,1-2,4-6H3,(H,39,40,42);2,8-21,23-24,32-33H,6,22H2,1,3-5H3,(H,39,40,42);2,8-21,23-24,32-33,43H,6,22H2,1,3-5H3,(H,38,39,41)/t33-,34-,37-;2*32-,33-,35+,36-/m111/s1. The Morgan fingerprint density at radius 3 is 0.801 bits per heavy atom. The third kappa shape index (κ3) is 15.9. The number of rotatable bonds is 27. The number of hydrogen-bond donors (Lipinski definition) is 4. The average molecular weight is 1910 g/mol. The minimum Gasteiger partial charge on any atom is -0.497 e. The molecule has 9 aromatic carbocycles. The zero-order valence-corrected chi connectivity index (χ0v) is 81.5. The van der Waals surface area contributed by atoms with E-state index < -0.39 is 105 Å². The molecular weight excluding hydrogens is 1800 g/mol. The maximum Gasteiger partial charge on any atom is 0.205 e. The van der Waals surface area contributed by atoms with Crippen molar-refractivity contribution in [3.63, 3.8) is 0 Å². The van der Waals surface area contributed by atoms with Crippen LogP contribution in [0.3, 0.4) is 0 Å². The van der Waals surface area contributed by atoms with Crippen LogP contribution in [-0.2, 0) is 59.2 Å². The normalized spacial score (nSPS) is 24.3. The number of alkyl halides is 1. The molecule has 0 aliphatic carbocycles. The molecule has 11 atom stereocenters. The average Bonchev–Trinajstić information content (AvgIpc) is 1.53. The molecule has 0 radical (unpaired) electrons. The molecule has 0 spiro atoms. The summed E-state index contributed by atoms with van der Waals surface area (Å²) in [7, 11) is 4.97. The molecule has 6 saturated heterocycles. The molecule has 720 valence electrons. The second-order valence-corrected chi connectivity index (χ2v) is 37.5. The number of benzene rings is 9. The lowest BCUT2D eigenvalue weighted by Gasteiger charge is -2.37. The highest BCUT2D eigenvalue weighted by Gasteiger charge is 2.75. The summed E-state index contributed by atoms with van der Waals surface area (Å²) >= 11 is 6.58. The van der Waals surface area contributed by atoms with Crippen molar-refractivity contribution >= 4 is 62.5 Å². The number of aliphatic hydroxyl groups is 1. The number of nitrogens with one attached hydrogen (secondary N) is 3. The highest BCUT2D eigenvalue weighted by atomic mass is 35.5. The van der Waals surface area contributed by atoms with Crippen LogP contribution in [0.1, 0.15) is 164 Å². The van der Waals surface area contributed by atoms with Gasteiger partial charge < -0.3 is 77.9 Å². The Hall–Kier alpha value is -14.0. The summed E-state index contributed by atoms with van der Waals surface area (Å²) in [5, 5.41) is 22.1. The third-order valence-corrected chi connectivity index (χ3v) is 28.8. The zero-order chi connectivity index (χ0) is 98.6. The zero-order valence-electron chi connectivity index (χ0n) is 80.7. The summed E-state index contributed by atoms with van der Waals surface area (Å²) < 4.78 is 80.9. The van der Waals surface area contributed by atoms with E-state index in [1.807, 2.05) is 208 Å². The summed E-state index contributed by atoms with van der Waals surface area (Å²) in [4.78, 5) is 42.9. The van der Waals surface area contributed by atoms with Gasteiger partial charge in [0.25, 0.3) is 0 Å². The first-order chi connectivity index (χ1) is 68.3. The highest BCUT2D eigenvalue weighted by molar-refractivity contribution is 6.18. The van der Waals surface area contributed by atoms with Gasteiger partial charge in [-0.3, -0.25) is 13.7 Å². The number of hydrogen-bond acceptors (Lipinski definition) is 25. The van der Waals surface area contributed by atoms with E-state index >= 15 is 0 Å². The largest absolute Gasteiger partial charge is 0.497 e. The van der Waals surface area contributed by atoms with Gasteiger partial charge in [-0.1, -0.05) is 264 Å². The van der Waals surface area contributed by atoms with E-state index in [1.54, 1.807) is 58.7 Å². The van der Waals surface area contributed by atoms with Gasteiger partial charge in [-0.25, -0.2) is 44.9 Å². The van der Waals surface area contributed by atoms with Gasteiger partial charge in [-0.15, -0.1) is 30.9 Å². The van der Waals surface area contributed by atoms with Gasteiger partial charge >= 0.3 is 0 Å². The van der Waals surface area contributed by atoms with E-state index in [0.717, 1.165) is 67.3 Å². The fourth-order valence-electron chi connectivity index (χ4n) is 21.5. The molecule has 0 saturated carbocycles. The molecule has 0 unspecified atom stereocenters. The van der Waals surface area contributed by atoms with Crippen LogP contribution >= 0.6 is 11.6 Å². The van der Waals surface area contributed by atoms with E-state index in [-0.39, 0.29) is 12.5 Å². The number of methoxy groups -OCH3 is 3. The van der Waals surface area contributed by atoms with E-state index in [1.165, 1.54) is 19.0 Å². The van der Waals surface area contributed by atoms with Gasteiger partial charge in [-0.05, 0) is 154 Å². The van der Waals surface area contributed by atoms with Gasteiger partial charge in [0.05, 0.1) is 52.8 Å². The summed E-state index contributed by atoms with van der Waals surface area (Å²) in [6.45, 7) is 18.9. The van der Waals surface area contributed by atoms with Crippen LogP contribution in [0.2, 0.25) is 0 Å². The number of ether oxygens (including phenoxy) is 12. The topological polar surface area (TPSA) is 298 Å². The first-order valence-corrected chi connectivity index (χ1v) is 47.7. The van der Waals surface area contributed by atoms with Crippen molar-refractivity contribution in [2.45, 2.75) is 200 Å². The van der Waals surface area contributed by atoms with Gasteiger partial charge in [-0.2, -0.15) is 0 Å². The number of nitrogens with zero attached hydrogens (tertiary/aromatic N) is 12. The van der Waals surface area contributed by atoms with E-state index in [9.17, 15) is 5.11 Å². The minimum atomic E-state index is -1.35. The van der Waals surface area contributed by atoms with Gasteiger partial charge in [0.15, 0.2) is 87.0 Å². The summed E-state index contributed by atoms with van der Waals surface area (Å²) in [6, 6.07) is 85.6. The Morgan fingerprint density at radius 2 is 0.567 bits per heavy atom. The molecule has 6 aliphatic rings. The number of fused-ring (bicyclic) bond motifs is 6. The smallest absolute Gasteiger partial charge is 0.205 e. The Morgan fingerprint density at radius 1 is 0.333 bits per heavy atom. The maximum atomic E-state index is 10.6. The number of imidazole rings is 3. The molecule has 6 fully saturated rings. The molecule has 0 amide bonds. The lowest BCUT2D eigenvalue weighted by molar-refractivity contribution is -0.234. The SMILES string of the molecule is C#C[C@@]12OC(C)(C)O[C@@H]1C(CC)(CC)O[C@H]2n1cnc2c(NC(c3ccccc3)(c3ccccc3)c3ccc(OC)cc3)ncnc21.C#C[C@@]12OC(C)(C)O[C@@H]1[C@](CC)(CCl)O[C@H]2n1cnc2c(NC(c3ccccc3)(c3ccccc3)c3ccc(OC)cc3)ncnc21.C#C[C@@]12OC(C)(C)O[C@@H]1[C@](CC)(CO)O[C@H]2n1cnc2c(NC(c3ccccc3)(c3ccccc3)c3ccc(OC)cc3)ncnc21.